The van der Waals surface area contributed by atoms with E-state index in [0.717, 1.165) is 31.5 Å². The summed E-state index contributed by atoms with van der Waals surface area (Å²) in [4.78, 5) is 26.8. The number of anilines is 1. The molecule has 2 aromatic rings. The predicted octanol–water partition coefficient (Wildman–Crippen LogP) is 3.12. The van der Waals surface area contributed by atoms with E-state index in [2.05, 4.69) is 5.32 Å². The summed E-state index contributed by atoms with van der Waals surface area (Å²) in [5, 5.41) is 2.86. The summed E-state index contributed by atoms with van der Waals surface area (Å²) in [6.07, 6.45) is 2.24. The standard InChI is InChI=1S/C21H24N2O4/c1-26-18-8-9-19(27-2)16(13-18)14-20(24)22-17-7-5-6-15(12-17)21(25)23-10-3-4-11-23/h5-9,12-13H,3-4,10-11,14H2,1-2H3,(H,22,24). The van der Waals surface area contributed by atoms with E-state index in [1.165, 1.54) is 0 Å². The zero-order valence-corrected chi connectivity index (χ0v) is 15.7. The van der Waals surface area contributed by atoms with Gasteiger partial charge in [-0.05, 0) is 49.2 Å². The van der Waals surface area contributed by atoms with Crippen molar-refractivity contribution in [1.29, 1.82) is 0 Å². The van der Waals surface area contributed by atoms with Gasteiger partial charge in [-0.15, -0.1) is 0 Å². The van der Waals surface area contributed by atoms with Crippen LogP contribution in [0.4, 0.5) is 5.69 Å². The van der Waals surface area contributed by atoms with Gasteiger partial charge in [-0.2, -0.15) is 0 Å². The lowest BCUT2D eigenvalue weighted by molar-refractivity contribution is -0.115. The number of methoxy groups -OCH3 is 2. The fourth-order valence-corrected chi connectivity index (χ4v) is 3.23. The highest BCUT2D eigenvalue weighted by Gasteiger charge is 2.19. The van der Waals surface area contributed by atoms with Crippen molar-refractivity contribution in [3.05, 3.63) is 53.6 Å². The molecule has 0 atom stereocenters. The first-order valence-electron chi connectivity index (χ1n) is 9.01. The average Bonchev–Trinajstić information content (AvgIpc) is 3.22. The molecule has 0 unspecified atom stereocenters. The van der Waals surface area contributed by atoms with Crippen LogP contribution in [-0.2, 0) is 11.2 Å². The molecule has 0 aromatic heterocycles. The number of benzene rings is 2. The number of rotatable bonds is 6. The molecular weight excluding hydrogens is 344 g/mol. The van der Waals surface area contributed by atoms with Gasteiger partial charge in [0.15, 0.2) is 0 Å². The monoisotopic (exact) mass is 368 g/mol. The summed E-state index contributed by atoms with van der Waals surface area (Å²) in [7, 11) is 3.14. The molecule has 0 saturated carbocycles. The molecule has 1 aliphatic rings. The molecule has 0 spiro atoms. The molecule has 1 N–H and O–H groups in total. The second-order valence-electron chi connectivity index (χ2n) is 6.48. The minimum absolute atomic E-state index is 0.0121. The Kier molecular flexibility index (Phi) is 5.96. The first-order chi connectivity index (χ1) is 13.1. The summed E-state index contributed by atoms with van der Waals surface area (Å²) in [6, 6.07) is 12.4. The molecule has 0 radical (unpaired) electrons. The Labute approximate surface area is 159 Å². The van der Waals surface area contributed by atoms with Crippen molar-refractivity contribution >= 4 is 17.5 Å². The molecule has 1 fully saturated rings. The molecule has 27 heavy (non-hydrogen) atoms. The summed E-state index contributed by atoms with van der Waals surface area (Å²) in [6.45, 7) is 1.59. The summed E-state index contributed by atoms with van der Waals surface area (Å²) >= 11 is 0. The third-order valence-electron chi connectivity index (χ3n) is 4.63. The van der Waals surface area contributed by atoms with E-state index in [1.54, 1.807) is 56.7 Å². The molecule has 6 nitrogen and oxygen atoms in total. The van der Waals surface area contributed by atoms with Gasteiger partial charge in [-0.3, -0.25) is 9.59 Å². The van der Waals surface area contributed by atoms with Gasteiger partial charge >= 0.3 is 0 Å². The first-order valence-corrected chi connectivity index (χ1v) is 9.01. The van der Waals surface area contributed by atoms with E-state index in [4.69, 9.17) is 9.47 Å². The Morgan fingerprint density at radius 2 is 1.81 bits per heavy atom. The summed E-state index contributed by atoms with van der Waals surface area (Å²) in [5.74, 6) is 1.12. The number of nitrogens with one attached hydrogen (secondary N) is 1. The third-order valence-corrected chi connectivity index (χ3v) is 4.63. The highest BCUT2D eigenvalue weighted by atomic mass is 16.5. The van der Waals surface area contributed by atoms with Crippen LogP contribution < -0.4 is 14.8 Å². The van der Waals surface area contributed by atoms with E-state index in [0.29, 0.717) is 22.7 Å². The van der Waals surface area contributed by atoms with Crippen LogP contribution in [0.1, 0.15) is 28.8 Å². The quantitative estimate of drug-likeness (QED) is 0.851. The highest BCUT2D eigenvalue weighted by molar-refractivity contribution is 5.97. The number of likely N-dealkylation sites (tertiary alicyclic amines) is 1. The Morgan fingerprint density at radius 3 is 2.52 bits per heavy atom. The molecule has 3 rings (SSSR count). The minimum Gasteiger partial charge on any atom is -0.497 e. The van der Waals surface area contributed by atoms with Crippen LogP contribution in [0.15, 0.2) is 42.5 Å². The van der Waals surface area contributed by atoms with Gasteiger partial charge in [0.25, 0.3) is 5.91 Å². The fourth-order valence-electron chi connectivity index (χ4n) is 3.23. The highest BCUT2D eigenvalue weighted by Crippen LogP contribution is 2.25. The first kappa shape index (κ1) is 18.8. The van der Waals surface area contributed by atoms with Gasteiger partial charge in [-0.1, -0.05) is 6.07 Å². The Balaban J connectivity index is 1.69. The van der Waals surface area contributed by atoms with Crippen molar-refractivity contribution in [3.63, 3.8) is 0 Å². The Bertz CT molecular complexity index is 829. The number of nitrogens with zero attached hydrogens (tertiary/aromatic N) is 1. The second kappa shape index (κ2) is 8.58. The lowest BCUT2D eigenvalue weighted by Gasteiger charge is -2.16. The number of ether oxygens (including phenoxy) is 2. The van der Waals surface area contributed by atoms with E-state index >= 15 is 0 Å². The molecule has 2 amide bonds. The number of carbonyl (C=O) groups is 2. The third kappa shape index (κ3) is 4.58. The van der Waals surface area contributed by atoms with Crippen LogP contribution in [-0.4, -0.2) is 44.0 Å². The van der Waals surface area contributed by atoms with Crippen molar-refractivity contribution in [2.24, 2.45) is 0 Å². The van der Waals surface area contributed by atoms with Crippen molar-refractivity contribution in [1.82, 2.24) is 4.90 Å². The average molecular weight is 368 g/mol. The van der Waals surface area contributed by atoms with Crippen LogP contribution in [0.3, 0.4) is 0 Å². The van der Waals surface area contributed by atoms with Gasteiger partial charge < -0.3 is 19.7 Å². The second-order valence-corrected chi connectivity index (χ2v) is 6.48. The van der Waals surface area contributed by atoms with Crippen molar-refractivity contribution < 1.29 is 19.1 Å². The van der Waals surface area contributed by atoms with Crippen molar-refractivity contribution in [2.45, 2.75) is 19.3 Å². The molecule has 0 bridgehead atoms. The fraction of sp³-hybridized carbons (Fsp3) is 0.333. The lowest BCUT2D eigenvalue weighted by Crippen LogP contribution is -2.27. The van der Waals surface area contributed by atoms with Gasteiger partial charge in [-0.25, -0.2) is 0 Å². The van der Waals surface area contributed by atoms with E-state index < -0.39 is 0 Å². The normalized spacial score (nSPS) is 13.3. The van der Waals surface area contributed by atoms with Crippen LogP contribution in [0, 0.1) is 0 Å². The maximum absolute atomic E-state index is 12.5. The SMILES string of the molecule is COc1ccc(OC)c(CC(=O)Nc2cccc(C(=O)N3CCCC3)c2)c1. The zero-order chi connectivity index (χ0) is 19.2. The van der Waals surface area contributed by atoms with Crippen molar-refractivity contribution in [2.75, 3.05) is 32.6 Å². The smallest absolute Gasteiger partial charge is 0.253 e. The predicted molar refractivity (Wildman–Crippen MR) is 103 cm³/mol. The van der Waals surface area contributed by atoms with Crippen LogP contribution in [0.5, 0.6) is 11.5 Å². The number of hydrogen-bond donors (Lipinski definition) is 1. The molecule has 1 aliphatic heterocycles. The van der Waals surface area contributed by atoms with Crippen LogP contribution in [0.25, 0.3) is 0 Å². The van der Waals surface area contributed by atoms with E-state index in [-0.39, 0.29) is 18.2 Å². The summed E-state index contributed by atoms with van der Waals surface area (Å²) < 4.78 is 10.5. The van der Waals surface area contributed by atoms with Gasteiger partial charge in [0.05, 0.1) is 20.6 Å². The number of amides is 2. The van der Waals surface area contributed by atoms with Crippen LogP contribution >= 0.6 is 0 Å². The Morgan fingerprint density at radius 1 is 1.04 bits per heavy atom. The number of hydrogen-bond acceptors (Lipinski definition) is 4. The zero-order valence-electron chi connectivity index (χ0n) is 15.7. The molecular formula is C21H24N2O4. The maximum atomic E-state index is 12.5. The number of carbonyl (C=O) groups excluding carboxylic acids is 2. The van der Waals surface area contributed by atoms with E-state index in [9.17, 15) is 9.59 Å². The molecule has 1 saturated heterocycles. The molecule has 6 heteroatoms. The van der Waals surface area contributed by atoms with Gasteiger partial charge in [0, 0.05) is 29.9 Å². The lowest BCUT2D eigenvalue weighted by atomic mass is 10.1. The van der Waals surface area contributed by atoms with Crippen LogP contribution in [0.2, 0.25) is 0 Å². The molecule has 1 heterocycles. The minimum atomic E-state index is -0.188. The topological polar surface area (TPSA) is 67.9 Å². The summed E-state index contributed by atoms with van der Waals surface area (Å²) in [5.41, 5.74) is 1.93. The maximum Gasteiger partial charge on any atom is 0.253 e. The van der Waals surface area contributed by atoms with Crippen molar-refractivity contribution in [3.8, 4) is 11.5 Å². The van der Waals surface area contributed by atoms with Gasteiger partial charge in [0.1, 0.15) is 11.5 Å². The van der Waals surface area contributed by atoms with Gasteiger partial charge in [0.2, 0.25) is 5.91 Å². The largest absolute Gasteiger partial charge is 0.497 e. The Hall–Kier alpha value is -3.02. The molecule has 2 aromatic carbocycles. The molecule has 142 valence electrons. The molecule has 0 aliphatic carbocycles. The van der Waals surface area contributed by atoms with E-state index in [1.807, 2.05) is 4.90 Å².